The Kier molecular flexibility index (Phi) is 8.14. The summed E-state index contributed by atoms with van der Waals surface area (Å²) in [6, 6.07) is 17.0. The Labute approximate surface area is 137 Å². The zero-order chi connectivity index (χ0) is 17.1. The van der Waals surface area contributed by atoms with Crippen LogP contribution in [0.3, 0.4) is 0 Å². The van der Waals surface area contributed by atoms with Gasteiger partial charge < -0.3 is 9.57 Å². The van der Waals surface area contributed by atoms with Gasteiger partial charge in [-0.25, -0.2) is 0 Å². The third-order valence-corrected chi connectivity index (χ3v) is 2.93. The van der Waals surface area contributed by atoms with Gasteiger partial charge in [0.05, 0.1) is 0 Å². The lowest BCUT2D eigenvalue weighted by Crippen LogP contribution is -2.15. The van der Waals surface area contributed by atoms with Crippen LogP contribution >= 0.6 is 0 Å². The SMILES string of the molecule is CC.CO/N=C(/C(C)=O)c1ccccc1COc1ccccc1. The molecule has 0 unspecified atom stereocenters. The Morgan fingerprint density at radius 1 is 1.00 bits per heavy atom. The first-order valence-corrected chi connectivity index (χ1v) is 7.60. The van der Waals surface area contributed by atoms with Crippen molar-refractivity contribution in [1.29, 1.82) is 0 Å². The summed E-state index contributed by atoms with van der Waals surface area (Å²) >= 11 is 0. The maximum absolute atomic E-state index is 11.7. The molecule has 0 saturated carbocycles. The Morgan fingerprint density at radius 2 is 1.61 bits per heavy atom. The highest BCUT2D eigenvalue weighted by atomic mass is 16.6. The summed E-state index contributed by atoms with van der Waals surface area (Å²) in [5.74, 6) is 0.629. The Balaban J connectivity index is 0.00000127. The molecule has 0 N–H and O–H groups in total. The van der Waals surface area contributed by atoms with Gasteiger partial charge in [-0.3, -0.25) is 4.79 Å². The van der Waals surface area contributed by atoms with Crippen molar-refractivity contribution in [2.24, 2.45) is 5.16 Å². The maximum Gasteiger partial charge on any atom is 0.182 e. The minimum absolute atomic E-state index is 0.149. The van der Waals surface area contributed by atoms with Gasteiger partial charge in [0.2, 0.25) is 0 Å². The lowest BCUT2D eigenvalue weighted by molar-refractivity contribution is -0.111. The van der Waals surface area contributed by atoms with E-state index in [1.165, 1.54) is 14.0 Å². The van der Waals surface area contributed by atoms with Crippen molar-refractivity contribution in [3.8, 4) is 5.75 Å². The molecule has 122 valence electrons. The van der Waals surface area contributed by atoms with E-state index in [1.807, 2.05) is 68.4 Å². The zero-order valence-corrected chi connectivity index (χ0v) is 14.1. The van der Waals surface area contributed by atoms with Gasteiger partial charge in [-0.2, -0.15) is 0 Å². The van der Waals surface area contributed by atoms with Crippen LogP contribution in [0, 0.1) is 0 Å². The summed E-state index contributed by atoms with van der Waals surface area (Å²) in [6.07, 6.45) is 0. The number of benzene rings is 2. The molecule has 0 radical (unpaired) electrons. The number of hydrogen-bond acceptors (Lipinski definition) is 4. The smallest absolute Gasteiger partial charge is 0.182 e. The highest BCUT2D eigenvalue weighted by molar-refractivity contribution is 6.45. The number of nitrogens with zero attached hydrogens (tertiary/aromatic N) is 1. The fourth-order valence-corrected chi connectivity index (χ4v) is 1.95. The zero-order valence-electron chi connectivity index (χ0n) is 14.1. The monoisotopic (exact) mass is 313 g/mol. The fraction of sp³-hybridized carbons (Fsp3) is 0.263. The number of para-hydroxylation sites is 1. The van der Waals surface area contributed by atoms with E-state index in [4.69, 9.17) is 9.57 Å². The van der Waals surface area contributed by atoms with Crippen LogP contribution in [0.25, 0.3) is 0 Å². The molecule has 0 spiro atoms. The highest BCUT2D eigenvalue weighted by Gasteiger charge is 2.14. The van der Waals surface area contributed by atoms with Crippen molar-refractivity contribution in [3.05, 3.63) is 65.7 Å². The van der Waals surface area contributed by atoms with Crippen molar-refractivity contribution in [1.82, 2.24) is 0 Å². The molecule has 0 aliphatic heterocycles. The number of oxime groups is 1. The predicted octanol–water partition coefficient (Wildman–Crippen LogP) is 4.23. The first-order valence-electron chi connectivity index (χ1n) is 7.60. The molecule has 0 amide bonds. The quantitative estimate of drug-likeness (QED) is 0.592. The lowest BCUT2D eigenvalue weighted by atomic mass is 10.0. The lowest BCUT2D eigenvalue weighted by Gasteiger charge is -2.11. The summed E-state index contributed by atoms with van der Waals surface area (Å²) < 4.78 is 5.73. The molecule has 0 aliphatic carbocycles. The second-order valence-electron chi connectivity index (χ2n) is 4.44. The topological polar surface area (TPSA) is 47.9 Å². The molecule has 2 rings (SSSR count). The van der Waals surface area contributed by atoms with E-state index in [2.05, 4.69) is 5.16 Å². The molecular weight excluding hydrogens is 290 g/mol. The largest absolute Gasteiger partial charge is 0.489 e. The number of hydrogen-bond donors (Lipinski definition) is 0. The number of ether oxygens (including phenoxy) is 1. The average Bonchev–Trinajstić information content (AvgIpc) is 2.61. The average molecular weight is 313 g/mol. The standard InChI is InChI=1S/C17H17NO3.C2H6/c1-13(19)17(18-20-2)16-11-7-6-8-14(16)12-21-15-9-4-3-5-10-15;1-2/h3-11H,12H2,1-2H3;1-2H3/b18-17-;. The van der Waals surface area contributed by atoms with Crippen LogP contribution in [0.2, 0.25) is 0 Å². The molecule has 2 aromatic carbocycles. The van der Waals surface area contributed by atoms with E-state index in [0.29, 0.717) is 12.3 Å². The van der Waals surface area contributed by atoms with Crippen LogP contribution in [0.4, 0.5) is 0 Å². The van der Waals surface area contributed by atoms with Gasteiger partial charge in [0.25, 0.3) is 0 Å². The van der Waals surface area contributed by atoms with Crippen LogP contribution in [0.15, 0.2) is 59.8 Å². The number of ketones is 1. The van der Waals surface area contributed by atoms with Gasteiger partial charge in [-0.05, 0) is 17.7 Å². The van der Waals surface area contributed by atoms with Crippen LogP contribution < -0.4 is 4.74 Å². The van der Waals surface area contributed by atoms with Crippen molar-refractivity contribution >= 4 is 11.5 Å². The summed E-state index contributed by atoms with van der Waals surface area (Å²) in [7, 11) is 1.42. The first kappa shape index (κ1) is 18.4. The predicted molar refractivity (Wildman–Crippen MR) is 92.8 cm³/mol. The molecule has 0 aliphatic rings. The van der Waals surface area contributed by atoms with Crippen molar-refractivity contribution in [2.75, 3.05) is 7.11 Å². The second-order valence-corrected chi connectivity index (χ2v) is 4.44. The molecule has 0 saturated heterocycles. The second kappa shape index (κ2) is 10.2. The number of Topliss-reactive ketones (excluding diaryl/α,β-unsaturated/α-hetero) is 1. The summed E-state index contributed by atoms with van der Waals surface area (Å²) in [5, 5.41) is 3.82. The normalized spacial score (nSPS) is 10.3. The Hall–Kier alpha value is -2.62. The van der Waals surface area contributed by atoms with E-state index in [-0.39, 0.29) is 5.78 Å². The molecular formula is C19H23NO3. The minimum atomic E-state index is -0.149. The molecule has 0 aromatic heterocycles. The molecule has 0 heterocycles. The Bertz CT molecular complexity index is 636. The molecule has 0 bridgehead atoms. The van der Waals surface area contributed by atoms with Crippen LogP contribution in [0.5, 0.6) is 5.75 Å². The van der Waals surface area contributed by atoms with E-state index >= 15 is 0 Å². The molecule has 4 nitrogen and oxygen atoms in total. The van der Waals surface area contributed by atoms with Gasteiger partial charge in [0.1, 0.15) is 19.5 Å². The van der Waals surface area contributed by atoms with Gasteiger partial charge in [0.15, 0.2) is 11.5 Å². The Morgan fingerprint density at radius 3 is 2.22 bits per heavy atom. The minimum Gasteiger partial charge on any atom is -0.489 e. The van der Waals surface area contributed by atoms with Gasteiger partial charge in [-0.15, -0.1) is 0 Å². The number of rotatable bonds is 6. The van der Waals surface area contributed by atoms with E-state index in [9.17, 15) is 4.79 Å². The molecule has 4 heteroatoms. The van der Waals surface area contributed by atoms with Gasteiger partial charge in [-0.1, -0.05) is 61.5 Å². The van der Waals surface area contributed by atoms with Crippen LogP contribution in [-0.2, 0) is 16.2 Å². The van der Waals surface area contributed by atoms with Crippen LogP contribution in [0.1, 0.15) is 31.9 Å². The van der Waals surface area contributed by atoms with Crippen molar-refractivity contribution < 1.29 is 14.4 Å². The molecule has 2 aromatic rings. The maximum atomic E-state index is 11.7. The summed E-state index contributed by atoms with van der Waals surface area (Å²) in [4.78, 5) is 16.5. The third-order valence-electron chi connectivity index (χ3n) is 2.93. The van der Waals surface area contributed by atoms with Gasteiger partial charge >= 0.3 is 0 Å². The van der Waals surface area contributed by atoms with Gasteiger partial charge in [0, 0.05) is 12.5 Å². The van der Waals surface area contributed by atoms with E-state index < -0.39 is 0 Å². The van der Waals surface area contributed by atoms with Crippen molar-refractivity contribution in [3.63, 3.8) is 0 Å². The fourth-order valence-electron chi connectivity index (χ4n) is 1.95. The summed E-state index contributed by atoms with van der Waals surface area (Å²) in [5.41, 5.74) is 1.90. The van der Waals surface area contributed by atoms with E-state index in [1.54, 1.807) is 0 Å². The number of carbonyl (C=O) groups excluding carboxylic acids is 1. The van der Waals surface area contributed by atoms with E-state index in [0.717, 1.165) is 16.9 Å². The van der Waals surface area contributed by atoms with Crippen molar-refractivity contribution in [2.45, 2.75) is 27.4 Å². The van der Waals surface area contributed by atoms with Crippen LogP contribution in [-0.4, -0.2) is 18.6 Å². The molecule has 0 fully saturated rings. The first-order chi connectivity index (χ1) is 11.2. The molecule has 23 heavy (non-hydrogen) atoms. The molecule has 0 atom stereocenters. The highest BCUT2D eigenvalue weighted by Crippen LogP contribution is 2.16. The third kappa shape index (κ3) is 5.58. The summed E-state index contributed by atoms with van der Waals surface area (Å²) in [6.45, 7) is 5.82. The number of carbonyl (C=O) groups is 1.